The van der Waals surface area contributed by atoms with Crippen molar-refractivity contribution in [2.75, 3.05) is 59.5 Å². The van der Waals surface area contributed by atoms with Gasteiger partial charge in [-0.05, 0) is 6.42 Å². The number of ether oxygens (including phenoxy) is 5. The van der Waals surface area contributed by atoms with Crippen molar-refractivity contribution >= 4 is 0 Å². The monoisotopic (exact) mass is 360 g/mol. The van der Waals surface area contributed by atoms with Crippen LogP contribution < -0.4 is 0 Å². The molecule has 0 aromatic rings. The van der Waals surface area contributed by atoms with Crippen molar-refractivity contribution in [3.63, 3.8) is 0 Å². The molecule has 5 heteroatoms. The Labute approximate surface area is 155 Å². The van der Waals surface area contributed by atoms with Crippen molar-refractivity contribution < 1.29 is 23.7 Å². The summed E-state index contributed by atoms with van der Waals surface area (Å²) in [7, 11) is 0. The van der Waals surface area contributed by atoms with Crippen LogP contribution in [0.5, 0.6) is 0 Å². The van der Waals surface area contributed by atoms with Gasteiger partial charge in [-0.25, -0.2) is 0 Å². The molecule has 0 rings (SSSR count). The molecule has 0 saturated carbocycles. The standard InChI is InChI=1S/C20H40O5/c1-3-5-6-7-8-9-10-11-12-22-15-16-24-19-20-25-18-17-23-14-13-21-4-2/h4H,2-3,5-20H2,1H3. The molecule has 0 N–H and O–H groups in total. The second kappa shape index (κ2) is 23.4. The van der Waals surface area contributed by atoms with Crippen molar-refractivity contribution in [3.8, 4) is 0 Å². The highest BCUT2D eigenvalue weighted by Gasteiger charge is 1.94. The Morgan fingerprint density at radius 1 is 0.520 bits per heavy atom. The summed E-state index contributed by atoms with van der Waals surface area (Å²) in [6, 6.07) is 0. The average Bonchev–Trinajstić information content (AvgIpc) is 2.63. The summed E-state index contributed by atoms with van der Waals surface area (Å²) in [5.41, 5.74) is 0. The zero-order chi connectivity index (χ0) is 18.3. The SMILES string of the molecule is C=COCCOCCOCCOCCOCCCCCCCCCC. The van der Waals surface area contributed by atoms with Crippen LogP contribution in [0.2, 0.25) is 0 Å². The third kappa shape index (κ3) is 23.4. The Hall–Kier alpha value is -0.620. The molecule has 0 unspecified atom stereocenters. The number of unbranched alkanes of at least 4 members (excludes halogenated alkanes) is 7. The van der Waals surface area contributed by atoms with Crippen molar-refractivity contribution in [2.45, 2.75) is 58.3 Å². The molecule has 0 aliphatic carbocycles. The van der Waals surface area contributed by atoms with Crippen LogP contribution in [-0.2, 0) is 23.7 Å². The molecule has 0 aliphatic rings. The van der Waals surface area contributed by atoms with Gasteiger partial charge in [0.1, 0.15) is 6.61 Å². The van der Waals surface area contributed by atoms with E-state index in [1.165, 1.54) is 51.2 Å². The molecule has 0 spiro atoms. The lowest BCUT2D eigenvalue weighted by Gasteiger charge is -2.07. The van der Waals surface area contributed by atoms with Crippen LogP contribution in [0.1, 0.15) is 58.3 Å². The molecule has 150 valence electrons. The molecule has 25 heavy (non-hydrogen) atoms. The Bertz CT molecular complexity index is 248. The van der Waals surface area contributed by atoms with Crippen molar-refractivity contribution in [3.05, 3.63) is 12.8 Å². The van der Waals surface area contributed by atoms with E-state index >= 15 is 0 Å². The van der Waals surface area contributed by atoms with E-state index in [9.17, 15) is 0 Å². The molecule has 0 aromatic carbocycles. The van der Waals surface area contributed by atoms with Crippen LogP contribution in [0.15, 0.2) is 12.8 Å². The quantitative estimate of drug-likeness (QED) is 0.212. The van der Waals surface area contributed by atoms with Crippen molar-refractivity contribution in [1.82, 2.24) is 0 Å². The Kier molecular flexibility index (Phi) is 22.8. The molecular formula is C20H40O5. The first kappa shape index (κ1) is 24.4. The fraction of sp³-hybridized carbons (Fsp3) is 0.900. The van der Waals surface area contributed by atoms with Crippen LogP contribution in [0.3, 0.4) is 0 Å². The Morgan fingerprint density at radius 3 is 1.40 bits per heavy atom. The molecule has 0 saturated heterocycles. The average molecular weight is 361 g/mol. The van der Waals surface area contributed by atoms with Crippen LogP contribution in [0.25, 0.3) is 0 Å². The minimum Gasteiger partial charge on any atom is -0.499 e. The molecule has 0 fully saturated rings. The second-order valence-electron chi connectivity index (χ2n) is 5.96. The maximum Gasteiger partial charge on any atom is 0.111 e. The number of hydrogen-bond acceptors (Lipinski definition) is 5. The van der Waals surface area contributed by atoms with Crippen LogP contribution in [0, 0.1) is 0 Å². The van der Waals surface area contributed by atoms with E-state index in [-0.39, 0.29) is 0 Å². The van der Waals surface area contributed by atoms with Gasteiger partial charge in [0, 0.05) is 6.61 Å². The van der Waals surface area contributed by atoms with Crippen molar-refractivity contribution in [2.24, 2.45) is 0 Å². The van der Waals surface area contributed by atoms with E-state index < -0.39 is 0 Å². The zero-order valence-electron chi connectivity index (χ0n) is 16.3. The minimum atomic E-state index is 0.533. The van der Waals surface area contributed by atoms with Gasteiger partial charge in [0.25, 0.3) is 0 Å². The highest BCUT2D eigenvalue weighted by molar-refractivity contribution is 4.48. The summed E-state index contributed by atoms with van der Waals surface area (Å²) >= 11 is 0. The third-order valence-corrected chi connectivity index (χ3v) is 3.72. The van der Waals surface area contributed by atoms with E-state index in [2.05, 4.69) is 13.5 Å². The maximum absolute atomic E-state index is 5.57. The molecule has 0 heterocycles. The van der Waals surface area contributed by atoms with Gasteiger partial charge in [-0.3, -0.25) is 0 Å². The molecule has 0 aliphatic heterocycles. The topological polar surface area (TPSA) is 46.2 Å². The van der Waals surface area contributed by atoms with Gasteiger partial charge in [0.2, 0.25) is 0 Å². The molecule has 5 nitrogen and oxygen atoms in total. The van der Waals surface area contributed by atoms with Crippen LogP contribution in [0.4, 0.5) is 0 Å². The highest BCUT2D eigenvalue weighted by atomic mass is 16.6. The van der Waals surface area contributed by atoms with Gasteiger partial charge >= 0.3 is 0 Å². The fourth-order valence-corrected chi connectivity index (χ4v) is 2.29. The molecule has 0 atom stereocenters. The molecule has 0 amide bonds. The van der Waals surface area contributed by atoms with Crippen LogP contribution >= 0.6 is 0 Å². The second-order valence-corrected chi connectivity index (χ2v) is 5.96. The first-order valence-corrected chi connectivity index (χ1v) is 9.95. The lowest BCUT2D eigenvalue weighted by Crippen LogP contribution is -2.13. The van der Waals surface area contributed by atoms with Crippen LogP contribution in [-0.4, -0.2) is 59.5 Å². The largest absolute Gasteiger partial charge is 0.499 e. The lowest BCUT2D eigenvalue weighted by molar-refractivity contribution is -0.00638. The predicted molar refractivity (Wildman–Crippen MR) is 102 cm³/mol. The summed E-state index contributed by atoms with van der Waals surface area (Å²) in [4.78, 5) is 0. The molecule has 0 aromatic heterocycles. The Morgan fingerprint density at radius 2 is 0.920 bits per heavy atom. The summed E-state index contributed by atoms with van der Waals surface area (Å²) in [6.07, 6.45) is 12.1. The van der Waals surface area contributed by atoms with Gasteiger partial charge in [-0.15, -0.1) is 0 Å². The maximum atomic E-state index is 5.57. The third-order valence-electron chi connectivity index (χ3n) is 3.72. The first-order valence-electron chi connectivity index (χ1n) is 9.95. The number of hydrogen-bond donors (Lipinski definition) is 0. The van der Waals surface area contributed by atoms with E-state index in [0.717, 1.165) is 13.0 Å². The predicted octanol–water partition coefficient (Wildman–Crippen LogP) is 4.35. The Balaban J connectivity index is 2.95. The lowest BCUT2D eigenvalue weighted by atomic mass is 10.1. The molecule has 0 radical (unpaired) electrons. The summed E-state index contributed by atoms with van der Waals surface area (Å²) in [6.45, 7) is 11.3. The van der Waals surface area contributed by atoms with Gasteiger partial charge in [-0.2, -0.15) is 0 Å². The minimum absolute atomic E-state index is 0.533. The van der Waals surface area contributed by atoms with E-state index in [1.54, 1.807) is 0 Å². The van der Waals surface area contributed by atoms with Gasteiger partial charge in [-0.1, -0.05) is 58.4 Å². The van der Waals surface area contributed by atoms with E-state index in [4.69, 9.17) is 23.7 Å². The zero-order valence-corrected chi connectivity index (χ0v) is 16.3. The molecular weight excluding hydrogens is 320 g/mol. The van der Waals surface area contributed by atoms with Gasteiger partial charge in [0.05, 0.1) is 52.5 Å². The normalized spacial score (nSPS) is 10.9. The summed E-state index contributed by atoms with van der Waals surface area (Å²) in [5.74, 6) is 0. The van der Waals surface area contributed by atoms with Crippen molar-refractivity contribution in [1.29, 1.82) is 0 Å². The highest BCUT2D eigenvalue weighted by Crippen LogP contribution is 2.08. The first-order chi connectivity index (χ1) is 12.4. The van der Waals surface area contributed by atoms with Gasteiger partial charge < -0.3 is 23.7 Å². The fourth-order valence-electron chi connectivity index (χ4n) is 2.29. The van der Waals surface area contributed by atoms with E-state index in [1.807, 2.05) is 0 Å². The summed E-state index contributed by atoms with van der Waals surface area (Å²) < 4.78 is 26.7. The number of rotatable bonds is 22. The smallest absolute Gasteiger partial charge is 0.111 e. The summed E-state index contributed by atoms with van der Waals surface area (Å²) in [5, 5.41) is 0. The van der Waals surface area contributed by atoms with E-state index in [0.29, 0.717) is 52.9 Å². The molecule has 0 bridgehead atoms. The van der Waals surface area contributed by atoms with Gasteiger partial charge in [0.15, 0.2) is 0 Å².